The van der Waals surface area contributed by atoms with E-state index in [4.69, 9.17) is 0 Å². The third kappa shape index (κ3) is 0.871. The number of benzene rings is 3. The zero-order valence-electron chi connectivity index (χ0n) is 10.4. The van der Waals surface area contributed by atoms with Crippen LogP contribution < -0.4 is 0 Å². The first kappa shape index (κ1) is 9.16. The van der Waals surface area contributed by atoms with Crippen molar-refractivity contribution in [1.29, 1.82) is 0 Å². The molecule has 86 valence electrons. The van der Waals surface area contributed by atoms with E-state index in [1.54, 1.807) is 11.1 Å². The maximum absolute atomic E-state index is 2.40. The molecule has 2 aliphatic carbocycles. The predicted octanol–water partition coefficient (Wildman–Crippen LogP) is 4.82. The van der Waals surface area contributed by atoms with Gasteiger partial charge in [0.25, 0.3) is 0 Å². The highest BCUT2D eigenvalue weighted by Crippen LogP contribution is 2.65. The Morgan fingerprint density at radius 2 is 1.17 bits per heavy atom. The Hall–Kier alpha value is -1.82. The Morgan fingerprint density at radius 1 is 0.667 bits per heavy atom. The fraction of sp³-hybridized carbons (Fsp3) is 0.222. The SMILES string of the molecule is CC1C2c3cccc4ccc5cccc(c5c34)C12. The summed E-state index contributed by atoms with van der Waals surface area (Å²) >= 11 is 0. The predicted molar refractivity (Wildman–Crippen MR) is 76.1 cm³/mol. The van der Waals surface area contributed by atoms with Gasteiger partial charge in [0.2, 0.25) is 0 Å². The van der Waals surface area contributed by atoms with Gasteiger partial charge in [-0.05, 0) is 50.4 Å². The summed E-state index contributed by atoms with van der Waals surface area (Å²) in [6.07, 6.45) is 0. The number of rotatable bonds is 0. The summed E-state index contributed by atoms with van der Waals surface area (Å²) in [5.74, 6) is 2.36. The van der Waals surface area contributed by atoms with Crippen LogP contribution in [0.4, 0.5) is 0 Å². The maximum atomic E-state index is 2.40. The lowest BCUT2D eigenvalue weighted by Gasteiger charge is -2.17. The number of hydrogen-bond donors (Lipinski definition) is 0. The van der Waals surface area contributed by atoms with Crippen LogP contribution in [0, 0.1) is 5.92 Å². The zero-order chi connectivity index (χ0) is 11.9. The molecule has 5 rings (SSSR count). The van der Waals surface area contributed by atoms with Crippen LogP contribution in [0.5, 0.6) is 0 Å². The van der Waals surface area contributed by atoms with E-state index in [9.17, 15) is 0 Å². The van der Waals surface area contributed by atoms with Gasteiger partial charge in [-0.25, -0.2) is 0 Å². The van der Waals surface area contributed by atoms with Crippen LogP contribution in [-0.4, -0.2) is 0 Å². The number of hydrogen-bond acceptors (Lipinski definition) is 0. The van der Waals surface area contributed by atoms with Crippen LogP contribution in [0.25, 0.3) is 21.5 Å². The third-order valence-electron chi connectivity index (χ3n) is 5.05. The summed E-state index contributed by atoms with van der Waals surface area (Å²) in [5.41, 5.74) is 3.18. The molecule has 0 amide bonds. The second kappa shape index (κ2) is 2.77. The van der Waals surface area contributed by atoms with Gasteiger partial charge in [-0.1, -0.05) is 55.5 Å². The van der Waals surface area contributed by atoms with Gasteiger partial charge in [0.05, 0.1) is 0 Å². The molecule has 0 aliphatic heterocycles. The summed E-state index contributed by atoms with van der Waals surface area (Å²) in [7, 11) is 0. The maximum Gasteiger partial charge on any atom is -0.00520 e. The molecule has 0 radical (unpaired) electrons. The second-order valence-electron chi connectivity index (χ2n) is 5.87. The van der Waals surface area contributed by atoms with Crippen molar-refractivity contribution in [3.63, 3.8) is 0 Å². The molecule has 0 nitrogen and oxygen atoms in total. The molecule has 1 saturated carbocycles. The molecular formula is C18H14. The molecule has 0 heterocycles. The fourth-order valence-corrected chi connectivity index (χ4v) is 4.18. The minimum atomic E-state index is 0.772. The summed E-state index contributed by atoms with van der Waals surface area (Å²) in [4.78, 5) is 0. The van der Waals surface area contributed by atoms with Crippen LogP contribution in [0.15, 0.2) is 48.5 Å². The average Bonchev–Trinajstić information content (AvgIpc) is 3.09. The molecule has 0 spiro atoms. The summed E-state index contributed by atoms with van der Waals surface area (Å²) in [6.45, 7) is 2.40. The lowest BCUT2D eigenvalue weighted by atomic mass is 9.86. The van der Waals surface area contributed by atoms with Crippen molar-refractivity contribution < 1.29 is 0 Å². The molecule has 2 atom stereocenters. The molecule has 0 N–H and O–H groups in total. The topological polar surface area (TPSA) is 0 Å². The molecular weight excluding hydrogens is 216 g/mol. The van der Waals surface area contributed by atoms with Gasteiger partial charge in [0, 0.05) is 0 Å². The van der Waals surface area contributed by atoms with Gasteiger partial charge in [0.15, 0.2) is 0 Å². The van der Waals surface area contributed by atoms with Crippen molar-refractivity contribution in [3.8, 4) is 0 Å². The van der Waals surface area contributed by atoms with E-state index >= 15 is 0 Å². The largest absolute Gasteiger partial charge is 0.0613 e. The molecule has 18 heavy (non-hydrogen) atoms. The quantitative estimate of drug-likeness (QED) is 0.485. The molecule has 0 heteroatoms. The molecule has 2 aliphatic rings. The van der Waals surface area contributed by atoms with Gasteiger partial charge in [0.1, 0.15) is 0 Å². The highest BCUT2D eigenvalue weighted by Gasteiger charge is 2.51. The van der Waals surface area contributed by atoms with Gasteiger partial charge in [-0.3, -0.25) is 0 Å². The first-order valence-electron chi connectivity index (χ1n) is 6.80. The summed E-state index contributed by atoms with van der Waals surface area (Å²) in [5, 5.41) is 5.86. The molecule has 0 bridgehead atoms. The zero-order valence-corrected chi connectivity index (χ0v) is 10.4. The highest BCUT2D eigenvalue weighted by atomic mass is 14.5. The second-order valence-corrected chi connectivity index (χ2v) is 5.87. The van der Waals surface area contributed by atoms with Crippen molar-refractivity contribution in [2.75, 3.05) is 0 Å². The van der Waals surface area contributed by atoms with E-state index < -0.39 is 0 Å². The summed E-state index contributed by atoms with van der Waals surface area (Å²) < 4.78 is 0. The van der Waals surface area contributed by atoms with Crippen molar-refractivity contribution >= 4 is 21.5 Å². The van der Waals surface area contributed by atoms with Crippen molar-refractivity contribution in [2.24, 2.45) is 5.92 Å². The van der Waals surface area contributed by atoms with Crippen molar-refractivity contribution in [2.45, 2.75) is 18.8 Å². The Kier molecular flexibility index (Phi) is 1.41. The fourth-order valence-electron chi connectivity index (χ4n) is 4.18. The number of fused-ring (bicyclic) bond motifs is 3. The normalized spacial score (nSPS) is 27.7. The van der Waals surface area contributed by atoms with Crippen molar-refractivity contribution in [1.82, 2.24) is 0 Å². The Bertz CT molecular complexity index is 744. The van der Waals surface area contributed by atoms with Crippen LogP contribution >= 0.6 is 0 Å². The highest BCUT2D eigenvalue weighted by molar-refractivity contribution is 6.12. The van der Waals surface area contributed by atoms with Crippen LogP contribution in [-0.2, 0) is 0 Å². The lowest BCUT2D eigenvalue weighted by molar-refractivity contribution is 0.903. The van der Waals surface area contributed by atoms with E-state index in [1.807, 2.05) is 0 Å². The van der Waals surface area contributed by atoms with Crippen molar-refractivity contribution in [3.05, 3.63) is 59.7 Å². The standard InChI is InChI=1S/C18H14/c1-10-15-13-6-2-4-11-8-9-12-5-3-7-14(16(10)15)18(12)17(11)13/h2-10,15-16H,1H3. The molecule has 0 saturated heterocycles. The van der Waals surface area contributed by atoms with Crippen LogP contribution in [0.2, 0.25) is 0 Å². The van der Waals surface area contributed by atoms with Crippen LogP contribution in [0.3, 0.4) is 0 Å². The van der Waals surface area contributed by atoms with E-state index in [0.29, 0.717) is 0 Å². The van der Waals surface area contributed by atoms with Gasteiger partial charge in [-0.15, -0.1) is 0 Å². The Labute approximate surface area is 106 Å². The Morgan fingerprint density at radius 3 is 1.67 bits per heavy atom. The van der Waals surface area contributed by atoms with Crippen LogP contribution in [0.1, 0.15) is 29.9 Å². The third-order valence-corrected chi connectivity index (χ3v) is 5.05. The monoisotopic (exact) mass is 230 g/mol. The molecule has 0 aromatic heterocycles. The van der Waals surface area contributed by atoms with E-state index in [2.05, 4.69) is 55.5 Å². The minimum absolute atomic E-state index is 0.772. The Balaban J connectivity index is 2.13. The van der Waals surface area contributed by atoms with E-state index in [1.165, 1.54) is 21.5 Å². The molecule has 3 aromatic rings. The van der Waals surface area contributed by atoms with Gasteiger partial charge < -0.3 is 0 Å². The van der Waals surface area contributed by atoms with E-state index in [-0.39, 0.29) is 0 Å². The van der Waals surface area contributed by atoms with E-state index in [0.717, 1.165) is 17.8 Å². The lowest BCUT2D eigenvalue weighted by Crippen LogP contribution is -1.96. The minimum Gasteiger partial charge on any atom is -0.0613 e. The summed E-state index contributed by atoms with van der Waals surface area (Å²) in [6, 6.07) is 18.2. The first-order valence-corrected chi connectivity index (χ1v) is 6.80. The first-order chi connectivity index (χ1) is 8.86. The van der Waals surface area contributed by atoms with Gasteiger partial charge in [-0.2, -0.15) is 0 Å². The van der Waals surface area contributed by atoms with Gasteiger partial charge >= 0.3 is 0 Å². The average molecular weight is 230 g/mol. The molecule has 1 fully saturated rings. The molecule has 3 aromatic carbocycles. The smallest absolute Gasteiger partial charge is 0.00520 e. The molecule has 2 unspecified atom stereocenters.